The van der Waals surface area contributed by atoms with Crippen LogP contribution in [0.3, 0.4) is 0 Å². The summed E-state index contributed by atoms with van der Waals surface area (Å²) in [6.45, 7) is 3.41. The molecule has 1 aliphatic carbocycles. The fourth-order valence-electron chi connectivity index (χ4n) is 4.89. The van der Waals surface area contributed by atoms with Gasteiger partial charge in [-0.1, -0.05) is 65.8 Å². The van der Waals surface area contributed by atoms with E-state index in [0.29, 0.717) is 5.57 Å². The second-order valence-corrected chi connectivity index (χ2v) is 9.59. The van der Waals surface area contributed by atoms with E-state index in [1.807, 2.05) is 36.4 Å². The number of azide groups is 1. The van der Waals surface area contributed by atoms with Gasteiger partial charge in [0.2, 0.25) is 5.91 Å². The molecule has 0 unspecified atom stereocenters. The highest BCUT2D eigenvalue weighted by Crippen LogP contribution is 2.28. The van der Waals surface area contributed by atoms with Crippen LogP contribution in [-0.2, 0) is 31.9 Å². The molecule has 0 aliphatic heterocycles. The maximum atomic E-state index is 12.6. The number of nitrogens with zero attached hydrogens (tertiary/aromatic N) is 3. The van der Waals surface area contributed by atoms with Gasteiger partial charge in [0.15, 0.2) is 0 Å². The zero-order valence-corrected chi connectivity index (χ0v) is 22.3. The van der Waals surface area contributed by atoms with Gasteiger partial charge >= 0.3 is 5.97 Å². The van der Waals surface area contributed by atoms with Crippen molar-refractivity contribution >= 4 is 11.9 Å². The van der Waals surface area contributed by atoms with Crippen LogP contribution in [0.5, 0.6) is 0 Å². The summed E-state index contributed by atoms with van der Waals surface area (Å²) in [5.74, 6) is -0.704. The summed E-state index contributed by atoms with van der Waals surface area (Å²) in [6.07, 6.45) is 6.58. The Balaban J connectivity index is 1.79. The summed E-state index contributed by atoms with van der Waals surface area (Å²) in [4.78, 5) is 27.6. The first kappa shape index (κ1) is 29.0. The number of carbonyl (C=O) groups excluding carboxylic acids is 2. The van der Waals surface area contributed by atoms with Gasteiger partial charge in [0, 0.05) is 17.4 Å². The Bertz CT molecular complexity index is 1050. The first-order chi connectivity index (χ1) is 18.5. The number of amides is 1. The van der Waals surface area contributed by atoms with Crippen molar-refractivity contribution < 1.29 is 19.1 Å². The molecule has 3 atom stereocenters. The maximum absolute atomic E-state index is 12.6. The van der Waals surface area contributed by atoms with Crippen LogP contribution in [0.1, 0.15) is 57.1 Å². The molecule has 0 saturated carbocycles. The van der Waals surface area contributed by atoms with Gasteiger partial charge in [-0.15, -0.1) is 0 Å². The quantitative estimate of drug-likeness (QED) is 0.146. The lowest BCUT2D eigenvalue weighted by atomic mass is 9.88. The number of carbonyl (C=O) groups is 2. The van der Waals surface area contributed by atoms with Crippen LogP contribution in [0.2, 0.25) is 0 Å². The minimum absolute atomic E-state index is 0.104. The smallest absolute Gasteiger partial charge is 0.333 e. The van der Waals surface area contributed by atoms with Crippen molar-refractivity contribution in [3.63, 3.8) is 0 Å². The van der Waals surface area contributed by atoms with E-state index in [-0.39, 0.29) is 25.0 Å². The summed E-state index contributed by atoms with van der Waals surface area (Å²) in [5.41, 5.74) is 12.1. The molecular weight excluding hydrogens is 480 g/mol. The first-order valence-corrected chi connectivity index (χ1v) is 13.4. The Kier molecular flexibility index (Phi) is 11.9. The van der Waals surface area contributed by atoms with Gasteiger partial charge in [0.25, 0.3) is 0 Å². The highest BCUT2D eigenvalue weighted by Gasteiger charge is 2.37. The van der Waals surface area contributed by atoms with Crippen molar-refractivity contribution in [2.75, 3.05) is 6.61 Å². The van der Waals surface area contributed by atoms with Gasteiger partial charge < -0.3 is 14.8 Å². The Hall–Kier alpha value is -3.61. The molecule has 38 heavy (non-hydrogen) atoms. The van der Waals surface area contributed by atoms with Crippen LogP contribution in [0.15, 0.2) is 77.4 Å². The molecular formula is C30H38N4O4. The van der Waals surface area contributed by atoms with Gasteiger partial charge in [-0.3, -0.25) is 4.79 Å². The van der Waals surface area contributed by atoms with Crippen LogP contribution in [-0.4, -0.2) is 42.8 Å². The molecule has 0 bridgehead atoms. The molecule has 0 fully saturated rings. The Morgan fingerprint density at radius 1 is 1.03 bits per heavy atom. The van der Waals surface area contributed by atoms with Gasteiger partial charge in [0.05, 0.1) is 30.9 Å². The van der Waals surface area contributed by atoms with E-state index < -0.39 is 24.2 Å². The molecule has 0 heterocycles. The number of ether oxygens (including phenoxy) is 2. The summed E-state index contributed by atoms with van der Waals surface area (Å²) in [6, 6.07) is 19.4. The molecule has 1 amide bonds. The van der Waals surface area contributed by atoms with E-state index in [1.165, 1.54) is 18.1 Å². The molecule has 0 aromatic heterocycles. The average molecular weight is 519 g/mol. The standard InChI is InChI=1S/C30H38N4O4/c1-3-37-30(36)25-20-27(33-34-31)29(32-22(2)35)28(21-25)38-26(18-10-16-23-12-6-4-7-13-23)19-11-17-24-14-8-5-9-15-24/h4-9,12-15,21,26-29H,3,10-11,16-20H2,1-2H3,(H,32,35)/t27-,28+,29+/m0/s1. The van der Waals surface area contributed by atoms with Gasteiger partial charge in [-0.2, -0.15) is 0 Å². The molecule has 0 radical (unpaired) electrons. The highest BCUT2D eigenvalue weighted by atomic mass is 16.5. The SMILES string of the molecule is CCOC(=O)C1=C[C@@H](OC(CCCc2ccccc2)CCCc2ccccc2)[C@H](NC(C)=O)[C@@H](N=[N+]=[N-])C1. The molecule has 1 aliphatic rings. The molecule has 0 saturated heterocycles. The number of esters is 1. The minimum atomic E-state index is -0.660. The van der Waals surface area contributed by atoms with Crippen LogP contribution < -0.4 is 5.32 Å². The second-order valence-electron chi connectivity index (χ2n) is 9.59. The number of aryl methyl sites for hydroxylation is 2. The molecule has 202 valence electrons. The lowest BCUT2D eigenvalue weighted by molar-refractivity contribution is -0.139. The Labute approximate surface area is 225 Å². The highest BCUT2D eigenvalue weighted by molar-refractivity contribution is 5.89. The van der Waals surface area contributed by atoms with Gasteiger partial charge in [-0.05, 0) is 74.6 Å². The van der Waals surface area contributed by atoms with Crippen molar-refractivity contribution in [1.29, 1.82) is 0 Å². The van der Waals surface area contributed by atoms with Crippen LogP contribution >= 0.6 is 0 Å². The Morgan fingerprint density at radius 2 is 1.61 bits per heavy atom. The fraction of sp³-hybridized carbons (Fsp3) is 0.467. The maximum Gasteiger partial charge on any atom is 0.333 e. The topological polar surface area (TPSA) is 113 Å². The second kappa shape index (κ2) is 15.6. The van der Waals surface area contributed by atoms with Crippen LogP contribution in [0.4, 0.5) is 0 Å². The van der Waals surface area contributed by atoms with Crippen LogP contribution in [0, 0.1) is 0 Å². The number of benzene rings is 2. The summed E-state index contributed by atoms with van der Waals surface area (Å²) in [5, 5.41) is 6.81. The molecule has 8 nitrogen and oxygen atoms in total. The zero-order chi connectivity index (χ0) is 27.2. The fourth-order valence-corrected chi connectivity index (χ4v) is 4.89. The van der Waals surface area contributed by atoms with E-state index in [0.717, 1.165) is 38.5 Å². The average Bonchev–Trinajstić information content (AvgIpc) is 2.91. The summed E-state index contributed by atoms with van der Waals surface area (Å²) in [7, 11) is 0. The zero-order valence-electron chi connectivity index (χ0n) is 22.3. The first-order valence-electron chi connectivity index (χ1n) is 13.4. The Morgan fingerprint density at radius 3 is 2.11 bits per heavy atom. The number of rotatable bonds is 14. The summed E-state index contributed by atoms with van der Waals surface area (Å²) < 4.78 is 11.9. The van der Waals surface area contributed by atoms with E-state index in [9.17, 15) is 15.1 Å². The molecule has 1 N–H and O–H groups in total. The predicted molar refractivity (Wildman–Crippen MR) is 147 cm³/mol. The number of nitrogens with one attached hydrogen (secondary N) is 1. The minimum Gasteiger partial charge on any atom is -0.463 e. The molecule has 2 aromatic carbocycles. The molecule has 8 heteroatoms. The van der Waals surface area contributed by atoms with Crippen molar-refractivity contribution in [3.05, 3.63) is 93.9 Å². The van der Waals surface area contributed by atoms with Gasteiger partial charge in [-0.25, -0.2) is 4.79 Å². The van der Waals surface area contributed by atoms with Crippen molar-refractivity contribution in [3.8, 4) is 0 Å². The molecule has 3 rings (SSSR count). The predicted octanol–water partition coefficient (Wildman–Crippen LogP) is 5.86. The third-order valence-electron chi connectivity index (χ3n) is 6.69. The number of hydrogen-bond donors (Lipinski definition) is 1. The van der Waals surface area contributed by atoms with Crippen molar-refractivity contribution in [1.82, 2.24) is 5.32 Å². The van der Waals surface area contributed by atoms with Gasteiger partial charge in [0.1, 0.15) is 0 Å². The van der Waals surface area contributed by atoms with E-state index in [1.54, 1.807) is 13.0 Å². The lowest BCUT2D eigenvalue weighted by Crippen LogP contribution is -2.53. The third-order valence-corrected chi connectivity index (χ3v) is 6.69. The molecule has 2 aromatic rings. The van der Waals surface area contributed by atoms with Crippen molar-refractivity contribution in [2.45, 2.75) is 83.1 Å². The monoisotopic (exact) mass is 518 g/mol. The number of hydrogen-bond acceptors (Lipinski definition) is 5. The third kappa shape index (κ3) is 9.36. The van der Waals surface area contributed by atoms with E-state index in [2.05, 4.69) is 39.6 Å². The van der Waals surface area contributed by atoms with E-state index in [4.69, 9.17) is 9.47 Å². The normalized spacial score (nSPS) is 18.8. The van der Waals surface area contributed by atoms with Crippen molar-refractivity contribution in [2.24, 2.45) is 5.11 Å². The molecule has 0 spiro atoms. The summed E-state index contributed by atoms with van der Waals surface area (Å²) >= 11 is 0. The lowest BCUT2D eigenvalue weighted by Gasteiger charge is -2.36. The van der Waals surface area contributed by atoms with Crippen LogP contribution in [0.25, 0.3) is 10.4 Å². The van der Waals surface area contributed by atoms with E-state index >= 15 is 0 Å². The largest absolute Gasteiger partial charge is 0.463 e.